The normalized spacial score (nSPS) is 34.4. The second kappa shape index (κ2) is 4.16. The van der Waals surface area contributed by atoms with E-state index in [2.05, 4.69) is 0 Å². The summed E-state index contributed by atoms with van der Waals surface area (Å²) in [7, 11) is 0. The van der Waals surface area contributed by atoms with E-state index in [1.165, 1.54) is 23.5 Å². The smallest absolute Gasteiger partial charge is 0.264 e. The highest BCUT2D eigenvalue weighted by Gasteiger charge is 2.45. The molecule has 2 heterocycles. The van der Waals surface area contributed by atoms with Crippen molar-refractivity contribution in [1.29, 1.82) is 0 Å². The quantitative estimate of drug-likeness (QED) is 0.540. The minimum absolute atomic E-state index is 0.00757. The van der Waals surface area contributed by atoms with E-state index < -0.39 is 42.4 Å². The molecule has 1 saturated heterocycles. The van der Waals surface area contributed by atoms with Gasteiger partial charge in [0.2, 0.25) is 11.8 Å². The van der Waals surface area contributed by atoms with Gasteiger partial charge in [-0.2, -0.15) is 0 Å². The van der Waals surface area contributed by atoms with Gasteiger partial charge in [-0.05, 0) is 18.5 Å². The first kappa shape index (κ1) is 7.78. The van der Waals surface area contributed by atoms with Crippen LogP contribution in [0.2, 0.25) is 0 Å². The van der Waals surface area contributed by atoms with Gasteiger partial charge in [0.15, 0.2) is 0 Å². The summed E-state index contributed by atoms with van der Waals surface area (Å²) in [4.78, 5) is 49.1. The third-order valence-corrected chi connectivity index (χ3v) is 2.91. The Labute approximate surface area is 120 Å². The molecule has 3 N–H and O–H groups in total. The fourth-order valence-electron chi connectivity index (χ4n) is 2.04. The number of hydrogen-bond acceptors (Lipinski definition) is 5. The Kier molecular flexibility index (Phi) is 1.62. The van der Waals surface area contributed by atoms with Crippen LogP contribution in [0.15, 0.2) is 18.2 Å². The van der Waals surface area contributed by atoms with Gasteiger partial charge in [0, 0.05) is 17.5 Å². The van der Waals surface area contributed by atoms with E-state index in [1.54, 1.807) is 0 Å². The van der Waals surface area contributed by atoms with Crippen molar-refractivity contribution in [3.8, 4) is 0 Å². The maximum absolute atomic E-state index is 12.6. The first-order valence-electron chi connectivity index (χ1n) is 8.02. The number of fused-ring (bicyclic) bond motifs is 1. The van der Waals surface area contributed by atoms with Crippen LogP contribution in [-0.4, -0.2) is 34.5 Å². The zero-order valence-corrected chi connectivity index (χ0v) is 9.89. The number of carbonyl (C=O) groups excluding carboxylic acids is 4. The molecule has 0 aromatic heterocycles. The second-order valence-corrected chi connectivity index (χ2v) is 4.10. The van der Waals surface area contributed by atoms with Crippen LogP contribution in [-0.2, 0) is 9.59 Å². The van der Waals surface area contributed by atoms with E-state index >= 15 is 0 Å². The van der Waals surface area contributed by atoms with Gasteiger partial charge in [0.25, 0.3) is 11.8 Å². The van der Waals surface area contributed by atoms with E-state index in [4.69, 9.17) is 12.6 Å². The lowest BCUT2D eigenvalue weighted by Gasteiger charge is -2.27. The number of rotatable bonds is 1. The van der Waals surface area contributed by atoms with E-state index in [9.17, 15) is 19.2 Å². The third kappa shape index (κ3) is 1.59. The van der Waals surface area contributed by atoms with Crippen LogP contribution in [0.1, 0.15) is 40.3 Å². The van der Waals surface area contributed by atoms with Crippen molar-refractivity contribution < 1.29 is 26.0 Å². The summed E-state index contributed by atoms with van der Waals surface area (Å²) in [5, 5.41) is 1.52. The maximum atomic E-state index is 12.6. The SMILES string of the molecule is [2H]C1([2H])C(=O)NC(=O)[C@@]([2H])(N2C(=O)c3cccc(N)c3C2=O)C1([2H])[2H]. The molecule has 1 fully saturated rings. The number of piperidine rings is 1. The molecule has 0 aliphatic carbocycles. The number of nitrogens with one attached hydrogen (secondary N) is 1. The van der Waals surface area contributed by atoms with E-state index in [0.29, 0.717) is 0 Å². The molecule has 102 valence electrons. The minimum Gasteiger partial charge on any atom is -0.398 e. The summed E-state index contributed by atoms with van der Waals surface area (Å²) in [5.41, 5.74) is 5.00. The molecule has 0 radical (unpaired) electrons. The molecule has 0 unspecified atom stereocenters. The third-order valence-electron chi connectivity index (χ3n) is 2.91. The molecule has 7 heteroatoms. The van der Waals surface area contributed by atoms with Crippen molar-refractivity contribution in [3.05, 3.63) is 29.3 Å². The van der Waals surface area contributed by atoms with Gasteiger partial charge < -0.3 is 5.73 Å². The molecule has 20 heavy (non-hydrogen) atoms. The summed E-state index contributed by atoms with van der Waals surface area (Å²) < 4.78 is 39.3. The Morgan fingerprint density at radius 3 is 2.75 bits per heavy atom. The first-order chi connectivity index (χ1) is 11.4. The predicted octanol–water partition coefficient (Wildman–Crippen LogP) is -0.330. The van der Waals surface area contributed by atoms with Crippen molar-refractivity contribution in [2.75, 3.05) is 5.73 Å². The number of amides is 4. The monoisotopic (exact) mass is 278 g/mol. The molecule has 1 aromatic rings. The highest BCUT2D eigenvalue weighted by atomic mass is 16.2. The Balaban J connectivity index is 2.24. The fraction of sp³-hybridized carbons (Fsp3) is 0.231. The van der Waals surface area contributed by atoms with Gasteiger partial charge in [-0.15, -0.1) is 0 Å². The van der Waals surface area contributed by atoms with Crippen LogP contribution in [0.5, 0.6) is 0 Å². The summed E-state index contributed by atoms with van der Waals surface area (Å²) in [6.07, 6.45) is -6.86. The number of benzene rings is 1. The lowest BCUT2D eigenvalue weighted by molar-refractivity contribution is -0.136. The van der Waals surface area contributed by atoms with Gasteiger partial charge in [-0.1, -0.05) is 6.07 Å². The lowest BCUT2D eigenvalue weighted by atomic mass is 10.0. The van der Waals surface area contributed by atoms with E-state index in [-0.39, 0.29) is 21.7 Å². The van der Waals surface area contributed by atoms with Crippen LogP contribution in [0.3, 0.4) is 0 Å². The summed E-state index contributed by atoms with van der Waals surface area (Å²) in [6, 6.07) is 0.537. The molecule has 7 nitrogen and oxygen atoms in total. The molecule has 0 bridgehead atoms. The zero-order valence-electron chi connectivity index (χ0n) is 14.9. The van der Waals surface area contributed by atoms with Crippen molar-refractivity contribution in [2.24, 2.45) is 0 Å². The topological polar surface area (TPSA) is 110 Å². The summed E-state index contributed by atoms with van der Waals surface area (Å²) in [5.74, 6) is -5.60. The van der Waals surface area contributed by atoms with Crippen molar-refractivity contribution in [2.45, 2.75) is 18.8 Å². The molecule has 0 saturated carbocycles. The average molecular weight is 278 g/mol. The molecule has 2 aliphatic rings. The highest BCUT2D eigenvalue weighted by Crippen LogP contribution is 2.30. The number of nitrogens with zero attached hydrogens (tertiary/aromatic N) is 1. The van der Waals surface area contributed by atoms with Crippen molar-refractivity contribution in [3.63, 3.8) is 0 Å². The number of nitrogen functional groups attached to an aromatic ring is 1. The van der Waals surface area contributed by atoms with Crippen LogP contribution in [0.4, 0.5) is 5.69 Å². The van der Waals surface area contributed by atoms with Crippen LogP contribution >= 0.6 is 0 Å². The average Bonchev–Trinajstić information content (AvgIpc) is 2.77. The Morgan fingerprint density at radius 2 is 2.05 bits per heavy atom. The number of nitrogens with two attached hydrogens (primary N) is 1. The first-order valence-corrected chi connectivity index (χ1v) is 5.52. The zero-order chi connectivity index (χ0) is 18.9. The van der Waals surface area contributed by atoms with Gasteiger partial charge >= 0.3 is 0 Å². The van der Waals surface area contributed by atoms with Gasteiger partial charge in [0.1, 0.15) is 6.02 Å². The van der Waals surface area contributed by atoms with Gasteiger partial charge in [-0.25, -0.2) is 0 Å². The van der Waals surface area contributed by atoms with Crippen LogP contribution in [0, 0.1) is 0 Å². The Hall–Kier alpha value is -2.70. The standard InChI is InChI=1S/C13H11N3O4/c14-7-3-1-2-6-10(7)13(20)16(12(6)19)8-4-5-9(17)15-11(8)18/h1-3,8H,4-5,14H2,(H,15,17,18)/t8-/m0/s1/i4D2,5D2,8D. The molecule has 2 aliphatic heterocycles. The van der Waals surface area contributed by atoms with Gasteiger partial charge in [0.05, 0.1) is 12.5 Å². The van der Waals surface area contributed by atoms with Crippen LogP contribution < -0.4 is 11.1 Å². The molecular weight excluding hydrogens is 262 g/mol. The lowest BCUT2D eigenvalue weighted by Crippen LogP contribution is -2.54. The Bertz CT molecular complexity index is 871. The summed E-state index contributed by atoms with van der Waals surface area (Å²) in [6.45, 7) is 0. The summed E-state index contributed by atoms with van der Waals surface area (Å²) >= 11 is 0. The molecule has 4 amide bonds. The molecule has 0 spiro atoms. The number of anilines is 1. The minimum atomic E-state index is -3.51. The van der Waals surface area contributed by atoms with Crippen molar-refractivity contribution in [1.82, 2.24) is 10.2 Å². The van der Waals surface area contributed by atoms with E-state index in [0.717, 1.165) is 0 Å². The predicted molar refractivity (Wildman–Crippen MR) is 67.5 cm³/mol. The Morgan fingerprint density at radius 1 is 1.30 bits per heavy atom. The number of hydrogen-bond donors (Lipinski definition) is 2. The largest absolute Gasteiger partial charge is 0.398 e. The highest BCUT2D eigenvalue weighted by molar-refractivity contribution is 6.25. The maximum Gasteiger partial charge on any atom is 0.264 e. The fourth-order valence-corrected chi connectivity index (χ4v) is 2.04. The van der Waals surface area contributed by atoms with Crippen molar-refractivity contribution >= 4 is 29.3 Å². The van der Waals surface area contributed by atoms with Gasteiger partial charge in [-0.3, -0.25) is 29.4 Å². The molecule has 3 rings (SSSR count). The number of carbonyl (C=O) groups is 4. The van der Waals surface area contributed by atoms with Crippen LogP contribution in [0.25, 0.3) is 0 Å². The van der Waals surface area contributed by atoms with E-state index in [1.807, 2.05) is 0 Å². The number of imide groups is 2. The second-order valence-electron chi connectivity index (χ2n) is 4.10. The molecule has 1 aromatic carbocycles. The molecular formula is C13H11N3O4. The molecule has 1 atom stereocenters.